The monoisotopic (exact) mass is 465 g/mol. The zero-order valence-corrected chi connectivity index (χ0v) is 12.2. The van der Waals surface area contributed by atoms with E-state index in [1.165, 1.54) is 0 Å². The van der Waals surface area contributed by atoms with Crippen LogP contribution in [0.15, 0.2) is 0 Å². The molecule has 0 aromatic heterocycles. The van der Waals surface area contributed by atoms with Gasteiger partial charge in [0.25, 0.3) is 0 Å². The Morgan fingerprint density at radius 2 is 0.815 bits per heavy atom. The standard InChI is InChI=1S/C7H2F15NO3S/c8-1(9,2(10,11)4(14,15)6(18,19)20)3(12,13)5(16,17)7(21,22)27(24,25)26-23/h23H2/q+1. The topological polar surface area (TPSA) is 72.2 Å². The molecule has 0 aliphatic heterocycles. The van der Waals surface area contributed by atoms with Crippen molar-refractivity contribution >= 4 is 10.5 Å². The first-order chi connectivity index (χ1) is 11.3. The van der Waals surface area contributed by atoms with Gasteiger partial charge in [0, 0.05) is 0 Å². The third-order valence-electron chi connectivity index (χ3n) is 2.74. The van der Waals surface area contributed by atoms with Crippen LogP contribution in [0, 0.1) is 0 Å². The van der Waals surface area contributed by atoms with E-state index in [0.717, 1.165) is 0 Å². The van der Waals surface area contributed by atoms with Gasteiger partial charge in [-0.3, -0.25) is 0 Å². The van der Waals surface area contributed by atoms with Crippen molar-refractivity contribution in [2.75, 3.05) is 0 Å². The maximum absolute atomic E-state index is 13.0. The maximum atomic E-state index is 13.0. The quantitative estimate of drug-likeness (QED) is 0.352. The molecule has 1 unspecified atom stereocenters. The molecule has 1 radical (unpaired) electrons. The maximum Gasteiger partial charge on any atom is 0.550 e. The van der Waals surface area contributed by atoms with Gasteiger partial charge in [-0.2, -0.15) is 63.0 Å². The van der Waals surface area contributed by atoms with Crippen molar-refractivity contribution in [3.63, 3.8) is 0 Å². The van der Waals surface area contributed by atoms with E-state index in [2.05, 4.69) is 10.2 Å². The second kappa shape index (κ2) is 6.24. The van der Waals surface area contributed by atoms with Gasteiger partial charge in [-0.25, -0.2) is 0 Å². The lowest BCUT2D eigenvalue weighted by Gasteiger charge is -2.39. The lowest BCUT2D eigenvalue weighted by molar-refractivity contribution is -0.448. The fraction of sp³-hybridized carbons (Fsp3) is 1.00. The molecule has 0 rings (SSSR count). The lowest BCUT2D eigenvalue weighted by atomic mass is 9.94. The first-order valence-corrected chi connectivity index (χ1v) is 6.68. The molecule has 20 heteroatoms. The SMILES string of the molecule is NO[S+]([O])(=O)C(F)(F)C(F)(F)C(F)(F)C(F)(F)C(F)(F)C(F)(F)C(F)(F)F. The Morgan fingerprint density at radius 1 is 0.556 bits per heavy atom. The number of rotatable bonds is 7. The van der Waals surface area contributed by atoms with Crippen molar-refractivity contribution in [3.05, 3.63) is 0 Å². The molecule has 0 fully saturated rings. The van der Waals surface area contributed by atoms with Gasteiger partial charge < -0.3 is 0 Å². The Labute approximate surface area is 137 Å². The highest BCUT2D eigenvalue weighted by molar-refractivity contribution is 7.94. The summed E-state index contributed by atoms with van der Waals surface area (Å²) in [6.07, 6.45) is -7.75. The third-order valence-corrected chi connectivity index (χ3v) is 3.88. The van der Waals surface area contributed by atoms with Crippen LogP contribution < -0.4 is 5.90 Å². The van der Waals surface area contributed by atoms with Crippen LogP contribution in [0.5, 0.6) is 0 Å². The second-order valence-electron chi connectivity index (χ2n) is 4.44. The van der Waals surface area contributed by atoms with Crippen LogP contribution in [0.2, 0.25) is 0 Å². The van der Waals surface area contributed by atoms with E-state index in [4.69, 9.17) is 0 Å². The zero-order valence-electron chi connectivity index (χ0n) is 11.4. The molecule has 0 aromatic rings. The molecule has 0 amide bonds. The summed E-state index contributed by atoms with van der Waals surface area (Å²) >= 11 is 0. The highest BCUT2D eigenvalue weighted by atomic mass is 32.3. The first kappa shape index (κ1) is 26.0. The number of hydrogen-bond donors (Lipinski definition) is 1. The number of nitrogens with two attached hydrogens (primary N) is 1. The highest BCUT2D eigenvalue weighted by Gasteiger charge is 2.97. The molecule has 0 bridgehead atoms. The van der Waals surface area contributed by atoms with Crippen LogP contribution in [0.3, 0.4) is 0 Å². The van der Waals surface area contributed by atoms with Crippen LogP contribution in [-0.2, 0) is 23.5 Å². The molecule has 0 aliphatic carbocycles. The van der Waals surface area contributed by atoms with Crippen LogP contribution in [0.1, 0.15) is 0 Å². The molecule has 2 N–H and O–H groups in total. The molecule has 0 aromatic carbocycles. The van der Waals surface area contributed by atoms with Crippen LogP contribution in [0.4, 0.5) is 65.9 Å². The Bertz CT molecular complexity index is 613. The molecule has 4 nitrogen and oxygen atoms in total. The summed E-state index contributed by atoms with van der Waals surface area (Å²) in [5, 5.41) is -7.59. The van der Waals surface area contributed by atoms with Gasteiger partial charge in [0.05, 0.1) is 4.55 Å². The molecule has 0 saturated carbocycles. The molecule has 0 saturated heterocycles. The van der Waals surface area contributed by atoms with E-state index in [1.807, 2.05) is 0 Å². The summed E-state index contributed by atoms with van der Waals surface area (Å²) in [5.74, 6) is -38.4. The van der Waals surface area contributed by atoms with E-state index in [9.17, 15) is 74.6 Å². The zero-order chi connectivity index (χ0) is 22.7. The van der Waals surface area contributed by atoms with E-state index in [0.29, 0.717) is 0 Å². The largest absolute Gasteiger partial charge is 0.550 e. The fourth-order valence-electron chi connectivity index (χ4n) is 1.17. The van der Waals surface area contributed by atoms with E-state index < -0.39 is 51.5 Å². The van der Waals surface area contributed by atoms with Crippen molar-refractivity contribution in [1.82, 2.24) is 0 Å². The molecule has 0 heterocycles. The summed E-state index contributed by atoms with van der Waals surface area (Å²) in [6, 6.07) is 0. The Morgan fingerprint density at radius 3 is 1.07 bits per heavy atom. The van der Waals surface area contributed by atoms with Crippen molar-refractivity contribution in [1.29, 1.82) is 0 Å². The molecular formula is C7H2F15NO3S+. The van der Waals surface area contributed by atoms with Crippen molar-refractivity contribution in [2.45, 2.75) is 41.0 Å². The normalized spacial score (nSPS) is 18.4. The van der Waals surface area contributed by atoms with Gasteiger partial charge in [-0.15, -0.1) is 8.78 Å². The minimum Gasteiger partial charge on any atom is -0.192 e. The highest BCUT2D eigenvalue weighted by Crippen LogP contribution is 2.63. The Balaban J connectivity index is 6.70. The molecule has 27 heavy (non-hydrogen) atoms. The van der Waals surface area contributed by atoms with Gasteiger partial charge in [-0.1, -0.05) is 0 Å². The molecule has 163 valence electrons. The average Bonchev–Trinajstić information content (AvgIpc) is 2.44. The minimum atomic E-state index is -8.59. The number of hydrogen-bond acceptors (Lipinski definition) is 3. The van der Waals surface area contributed by atoms with Crippen LogP contribution in [0.25, 0.3) is 0 Å². The average molecular weight is 465 g/mol. The van der Waals surface area contributed by atoms with E-state index in [-0.39, 0.29) is 0 Å². The molecule has 0 aliphatic rings. The summed E-state index contributed by atoms with van der Waals surface area (Å²) in [5.41, 5.74) is 0. The summed E-state index contributed by atoms with van der Waals surface area (Å²) < 4.78 is 212. The third kappa shape index (κ3) is 3.12. The Hall–Kier alpha value is -1.02. The number of halogens is 15. The molecule has 1 atom stereocenters. The predicted octanol–water partition coefficient (Wildman–Crippen LogP) is 3.97. The van der Waals surface area contributed by atoms with Crippen LogP contribution in [-0.4, -0.2) is 41.0 Å². The summed E-state index contributed by atoms with van der Waals surface area (Å²) in [7, 11) is -7.48. The van der Waals surface area contributed by atoms with E-state index in [1.54, 1.807) is 0 Å². The number of alkyl halides is 15. The van der Waals surface area contributed by atoms with Crippen molar-refractivity contribution in [2.24, 2.45) is 5.90 Å². The summed E-state index contributed by atoms with van der Waals surface area (Å²) in [6.45, 7) is 0. The lowest BCUT2D eigenvalue weighted by Crippen LogP contribution is -2.73. The van der Waals surface area contributed by atoms with E-state index >= 15 is 0 Å². The smallest absolute Gasteiger partial charge is 0.192 e. The van der Waals surface area contributed by atoms with Crippen molar-refractivity contribution in [3.8, 4) is 0 Å². The van der Waals surface area contributed by atoms with Gasteiger partial charge >= 0.3 is 51.5 Å². The molecular weight excluding hydrogens is 463 g/mol. The molecule has 0 spiro atoms. The van der Waals surface area contributed by atoms with Gasteiger partial charge in [0.15, 0.2) is 0 Å². The van der Waals surface area contributed by atoms with Crippen LogP contribution >= 0.6 is 0 Å². The summed E-state index contributed by atoms with van der Waals surface area (Å²) in [4.78, 5) is 0. The Kier molecular flexibility index (Phi) is 6.00. The van der Waals surface area contributed by atoms with Gasteiger partial charge in [0.1, 0.15) is 0 Å². The van der Waals surface area contributed by atoms with Gasteiger partial charge in [0.2, 0.25) is 0 Å². The minimum absolute atomic E-state index is 2.15. The predicted molar refractivity (Wildman–Crippen MR) is 49.7 cm³/mol. The second-order valence-corrected chi connectivity index (χ2v) is 6.05. The fourth-order valence-corrected chi connectivity index (χ4v) is 1.73. The van der Waals surface area contributed by atoms with Gasteiger partial charge in [-0.05, 0) is 8.49 Å². The first-order valence-electron chi connectivity index (χ1n) is 5.27. The van der Waals surface area contributed by atoms with Crippen molar-refractivity contribution < 1.29 is 78.9 Å².